The number of amides is 2. The van der Waals surface area contributed by atoms with Gasteiger partial charge in [-0.3, -0.25) is 9.69 Å². The predicted octanol–water partition coefficient (Wildman–Crippen LogP) is 4.38. The maximum Gasteiger partial charge on any atom is 0.414 e. The molecule has 1 unspecified atom stereocenters. The predicted molar refractivity (Wildman–Crippen MR) is 107 cm³/mol. The van der Waals surface area contributed by atoms with Gasteiger partial charge in [-0.05, 0) is 48.9 Å². The fourth-order valence-corrected chi connectivity index (χ4v) is 3.55. The van der Waals surface area contributed by atoms with Crippen LogP contribution in [0.4, 0.5) is 10.5 Å². The summed E-state index contributed by atoms with van der Waals surface area (Å²) in [6.45, 7) is 2.85. The summed E-state index contributed by atoms with van der Waals surface area (Å²) < 4.78 is 5.95. The summed E-state index contributed by atoms with van der Waals surface area (Å²) in [5.74, 6) is -0.180. The van der Waals surface area contributed by atoms with E-state index < -0.39 is 0 Å². The first-order valence-electron chi connectivity index (χ1n) is 8.64. The van der Waals surface area contributed by atoms with Gasteiger partial charge >= 0.3 is 6.09 Å². The average Bonchev–Trinajstić information content (AvgIpc) is 3.27. The second-order valence-electron chi connectivity index (χ2n) is 6.47. The minimum Gasteiger partial charge on any atom is -0.447 e. The average molecular weight is 428 g/mol. The summed E-state index contributed by atoms with van der Waals surface area (Å²) in [5.41, 5.74) is 3.10. The number of rotatable bonds is 4. The smallest absolute Gasteiger partial charge is 0.414 e. The maximum absolute atomic E-state index is 12.6. The molecule has 0 aliphatic carbocycles. The summed E-state index contributed by atoms with van der Waals surface area (Å²) >= 11 is 3.44. The Labute approximate surface area is 164 Å². The number of aromatic amines is 1. The first kappa shape index (κ1) is 17.6. The number of carbonyl (C=O) groups is 2. The van der Waals surface area contributed by atoms with Gasteiger partial charge in [-0.25, -0.2) is 4.79 Å². The molecule has 3 aromatic rings. The molecule has 27 heavy (non-hydrogen) atoms. The summed E-state index contributed by atoms with van der Waals surface area (Å²) in [5, 5.41) is 3.97. The SMILES string of the molecule is CC(NC(=O)c1cc2cc(Br)ccc2[nH]1)c1cccc(N2CCOC2=O)c1. The molecular weight excluding hydrogens is 410 g/mol. The molecule has 138 valence electrons. The van der Waals surface area contributed by atoms with Gasteiger partial charge < -0.3 is 15.0 Å². The molecule has 1 aliphatic rings. The van der Waals surface area contributed by atoms with Gasteiger partial charge in [0.25, 0.3) is 5.91 Å². The van der Waals surface area contributed by atoms with Crippen LogP contribution in [0.5, 0.6) is 0 Å². The zero-order chi connectivity index (χ0) is 19.0. The van der Waals surface area contributed by atoms with Crippen LogP contribution in [0, 0.1) is 0 Å². The van der Waals surface area contributed by atoms with E-state index in [-0.39, 0.29) is 18.0 Å². The van der Waals surface area contributed by atoms with Crippen LogP contribution in [0.2, 0.25) is 0 Å². The van der Waals surface area contributed by atoms with E-state index >= 15 is 0 Å². The molecule has 0 saturated carbocycles. The van der Waals surface area contributed by atoms with Crippen LogP contribution in [-0.2, 0) is 4.74 Å². The molecule has 1 fully saturated rings. The Kier molecular flexibility index (Phi) is 4.61. The normalized spacial score (nSPS) is 15.0. The standard InChI is InChI=1S/C20H18BrN3O3/c1-12(13-3-2-4-16(10-13)24-7-8-27-20(24)26)22-19(25)18-11-14-9-15(21)5-6-17(14)23-18/h2-6,9-12,23H,7-8H2,1H3,(H,22,25). The van der Waals surface area contributed by atoms with E-state index in [1.807, 2.05) is 55.5 Å². The van der Waals surface area contributed by atoms with Crippen LogP contribution in [0.25, 0.3) is 10.9 Å². The van der Waals surface area contributed by atoms with Crippen molar-refractivity contribution in [3.63, 3.8) is 0 Å². The van der Waals surface area contributed by atoms with Crippen LogP contribution in [0.15, 0.2) is 53.0 Å². The van der Waals surface area contributed by atoms with E-state index in [9.17, 15) is 9.59 Å². The van der Waals surface area contributed by atoms with Crippen LogP contribution in [0.3, 0.4) is 0 Å². The van der Waals surface area contributed by atoms with E-state index in [1.54, 1.807) is 4.90 Å². The Bertz CT molecular complexity index is 1030. The number of fused-ring (bicyclic) bond motifs is 1. The van der Waals surface area contributed by atoms with Gasteiger partial charge in [0.15, 0.2) is 0 Å². The van der Waals surface area contributed by atoms with Crippen molar-refractivity contribution in [2.24, 2.45) is 0 Å². The zero-order valence-corrected chi connectivity index (χ0v) is 16.2. The van der Waals surface area contributed by atoms with Crippen molar-refractivity contribution in [1.82, 2.24) is 10.3 Å². The lowest BCUT2D eigenvalue weighted by atomic mass is 10.1. The number of halogens is 1. The molecule has 6 nitrogen and oxygen atoms in total. The highest BCUT2D eigenvalue weighted by Crippen LogP contribution is 2.24. The number of anilines is 1. The monoisotopic (exact) mass is 427 g/mol. The first-order chi connectivity index (χ1) is 13.0. The second-order valence-corrected chi connectivity index (χ2v) is 7.39. The molecule has 2 amide bonds. The van der Waals surface area contributed by atoms with Crippen molar-refractivity contribution < 1.29 is 14.3 Å². The number of ether oxygens (including phenoxy) is 1. The number of carbonyl (C=O) groups excluding carboxylic acids is 2. The van der Waals surface area contributed by atoms with Crippen LogP contribution < -0.4 is 10.2 Å². The van der Waals surface area contributed by atoms with Gasteiger partial charge in [-0.15, -0.1) is 0 Å². The highest BCUT2D eigenvalue weighted by molar-refractivity contribution is 9.10. The molecular formula is C20H18BrN3O3. The maximum atomic E-state index is 12.6. The Balaban J connectivity index is 1.51. The van der Waals surface area contributed by atoms with Crippen LogP contribution in [0.1, 0.15) is 29.0 Å². The summed E-state index contributed by atoms with van der Waals surface area (Å²) in [4.78, 5) is 29.1. The lowest BCUT2D eigenvalue weighted by Gasteiger charge is -2.18. The Morgan fingerprint density at radius 1 is 1.26 bits per heavy atom. The van der Waals surface area contributed by atoms with Crippen molar-refractivity contribution in [2.75, 3.05) is 18.1 Å². The third-order valence-electron chi connectivity index (χ3n) is 4.62. The number of benzene rings is 2. The Morgan fingerprint density at radius 3 is 2.89 bits per heavy atom. The van der Waals surface area contributed by atoms with Crippen molar-refractivity contribution in [1.29, 1.82) is 0 Å². The summed E-state index contributed by atoms with van der Waals surface area (Å²) in [7, 11) is 0. The molecule has 1 aromatic heterocycles. The van der Waals surface area contributed by atoms with E-state index in [0.29, 0.717) is 18.8 Å². The molecule has 2 heterocycles. The third-order valence-corrected chi connectivity index (χ3v) is 5.11. The molecule has 1 aliphatic heterocycles. The minimum atomic E-state index is -0.340. The number of aromatic nitrogens is 1. The summed E-state index contributed by atoms with van der Waals surface area (Å²) in [6, 6.07) is 15.0. The molecule has 7 heteroatoms. The van der Waals surface area contributed by atoms with E-state index in [0.717, 1.165) is 26.6 Å². The first-order valence-corrected chi connectivity index (χ1v) is 9.44. The number of nitrogens with one attached hydrogen (secondary N) is 2. The lowest BCUT2D eigenvalue weighted by Crippen LogP contribution is -2.27. The van der Waals surface area contributed by atoms with Crippen molar-refractivity contribution >= 4 is 44.5 Å². The van der Waals surface area contributed by atoms with Gasteiger partial charge in [0.05, 0.1) is 12.6 Å². The molecule has 0 bridgehead atoms. The van der Waals surface area contributed by atoms with Gasteiger partial charge in [0.2, 0.25) is 0 Å². The molecule has 2 aromatic carbocycles. The summed E-state index contributed by atoms with van der Waals surface area (Å²) in [6.07, 6.45) is -0.340. The van der Waals surface area contributed by atoms with Gasteiger partial charge in [-0.2, -0.15) is 0 Å². The second kappa shape index (κ2) is 7.08. The quantitative estimate of drug-likeness (QED) is 0.648. The van der Waals surface area contributed by atoms with E-state index in [1.165, 1.54) is 0 Å². The van der Waals surface area contributed by atoms with Crippen molar-refractivity contribution in [3.05, 3.63) is 64.3 Å². The van der Waals surface area contributed by atoms with Crippen LogP contribution in [-0.4, -0.2) is 30.1 Å². The molecule has 1 saturated heterocycles. The largest absolute Gasteiger partial charge is 0.447 e. The zero-order valence-electron chi connectivity index (χ0n) is 14.7. The number of cyclic esters (lactones) is 1. The fourth-order valence-electron chi connectivity index (χ4n) is 3.17. The van der Waals surface area contributed by atoms with Gasteiger partial charge in [0, 0.05) is 21.1 Å². The molecule has 0 spiro atoms. The Morgan fingerprint density at radius 2 is 2.11 bits per heavy atom. The third kappa shape index (κ3) is 3.55. The minimum absolute atomic E-state index is 0.180. The fraction of sp³-hybridized carbons (Fsp3) is 0.200. The molecule has 0 radical (unpaired) electrons. The Hall–Kier alpha value is -2.80. The van der Waals surface area contributed by atoms with Crippen molar-refractivity contribution in [2.45, 2.75) is 13.0 Å². The van der Waals surface area contributed by atoms with E-state index in [4.69, 9.17) is 4.74 Å². The van der Waals surface area contributed by atoms with Crippen LogP contribution >= 0.6 is 15.9 Å². The van der Waals surface area contributed by atoms with Gasteiger partial charge in [0.1, 0.15) is 12.3 Å². The van der Waals surface area contributed by atoms with E-state index in [2.05, 4.69) is 26.2 Å². The molecule has 2 N–H and O–H groups in total. The highest BCUT2D eigenvalue weighted by atomic mass is 79.9. The number of H-pyrrole nitrogens is 1. The van der Waals surface area contributed by atoms with Gasteiger partial charge in [-0.1, -0.05) is 28.1 Å². The molecule has 4 rings (SSSR count). The number of nitrogens with zero attached hydrogens (tertiary/aromatic N) is 1. The number of hydrogen-bond donors (Lipinski definition) is 2. The number of hydrogen-bond acceptors (Lipinski definition) is 3. The highest BCUT2D eigenvalue weighted by Gasteiger charge is 2.24. The van der Waals surface area contributed by atoms with Crippen molar-refractivity contribution in [3.8, 4) is 0 Å². The topological polar surface area (TPSA) is 74.4 Å². The molecule has 1 atom stereocenters. The lowest BCUT2D eigenvalue weighted by molar-refractivity contribution is 0.0935.